The van der Waals surface area contributed by atoms with Gasteiger partial charge in [0.1, 0.15) is 0 Å². The van der Waals surface area contributed by atoms with Gasteiger partial charge in [0.25, 0.3) is 0 Å². The average Bonchev–Trinajstić information content (AvgIpc) is 3.14. The summed E-state index contributed by atoms with van der Waals surface area (Å²) >= 11 is 0. The summed E-state index contributed by atoms with van der Waals surface area (Å²) < 4.78 is 16.5. The van der Waals surface area contributed by atoms with Gasteiger partial charge in [-0.05, 0) is 38.0 Å². The van der Waals surface area contributed by atoms with Gasteiger partial charge in [-0.15, -0.1) is 0 Å². The van der Waals surface area contributed by atoms with E-state index in [2.05, 4.69) is 0 Å². The summed E-state index contributed by atoms with van der Waals surface area (Å²) in [6.45, 7) is 2.66. The van der Waals surface area contributed by atoms with Gasteiger partial charge in [-0.3, -0.25) is 4.79 Å². The number of carboxylic acid groups (broad SMARTS) is 1. The molecule has 5 nitrogen and oxygen atoms in total. The van der Waals surface area contributed by atoms with Crippen LogP contribution in [0.1, 0.15) is 32.1 Å². The fraction of sp³-hybridized carbons (Fsp3) is 0.923. The molecule has 1 saturated carbocycles. The Morgan fingerprint density at radius 1 is 1.33 bits per heavy atom. The van der Waals surface area contributed by atoms with Crippen molar-refractivity contribution in [2.45, 2.75) is 38.4 Å². The van der Waals surface area contributed by atoms with E-state index in [-0.39, 0.29) is 18.1 Å². The third-order valence-electron chi connectivity index (χ3n) is 3.45. The molecule has 3 atom stereocenters. The van der Waals surface area contributed by atoms with E-state index in [9.17, 15) is 4.79 Å². The molecular formula is C13H22O5. The maximum atomic E-state index is 10.6. The first kappa shape index (κ1) is 13.8. The minimum atomic E-state index is -0.693. The molecular weight excluding hydrogens is 236 g/mol. The zero-order valence-electron chi connectivity index (χ0n) is 10.7. The molecule has 0 aromatic carbocycles. The van der Waals surface area contributed by atoms with E-state index in [4.69, 9.17) is 19.3 Å². The monoisotopic (exact) mass is 258 g/mol. The van der Waals surface area contributed by atoms with Gasteiger partial charge in [0.05, 0.1) is 19.1 Å². The number of carbonyl (C=O) groups is 1. The normalized spacial score (nSPS) is 31.2. The van der Waals surface area contributed by atoms with Crippen molar-refractivity contribution in [2.24, 2.45) is 11.8 Å². The molecule has 2 aliphatic rings. The van der Waals surface area contributed by atoms with Crippen LogP contribution < -0.4 is 0 Å². The highest BCUT2D eigenvalue weighted by Gasteiger charge is 2.43. The van der Waals surface area contributed by atoms with E-state index < -0.39 is 5.97 Å². The molecule has 0 aromatic heterocycles. The van der Waals surface area contributed by atoms with Crippen LogP contribution in [-0.2, 0) is 19.0 Å². The van der Waals surface area contributed by atoms with E-state index in [1.165, 1.54) is 6.42 Å². The van der Waals surface area contributed by atoms with Crippen LogP contribution in [0.2, 0.25) is 0 Å². The van der Waals surface area contributed by atoms with E-state index in [1.807, 2.05) is 0 Å². The fourth-order valence-electron chi connectivity index (χ4n) is 2.19. The Kier molecular flexibility index (Phi) is 5.41. The van der Waals surface area contributed by atoms with Crippen molar-refractivity contribution in [1.29, 1.82) is 0 Å². The summed E-state index contributed by atoms with van der Waals surface area (Å²) in [5.41, 5.74) is 0. The van der Waals surface area contributed by atoms with E-state index in [1.54, 1.807) is 0 Å². The van der Waals surface area contributed by atoms with Crippen LogP contribution in [-0.4, -0.2) is 43.8 Å². The average molecular weight is 258 g/mol. The molecule has 2 fully saturated rings. The molecule has 0 spiro atoms. The molecule has 1 saturated heterocycles. The van der Waals surface area contributed by atoms with Gasteiger partial charge in [-0.2, -0.15) is 0 Å². The minimum absolute atomic E-state index is 0.0291. The molecule has 1 aliphatic heterocycles. The van der Waals surface area contributed by atoms with Gasteiger partial charge in [-0.1, -0.05) is 0 Å². The molecule has 1 N–H and O–H groups in total. The summed E-state index contributed by atoms with van der Waals surface area (Å²) in [7, 11) is 0. The summed E-state index contributed by atoms with van der Waals surface area (Å²) in [6.07, 6.45) is 4.88. The van der Waals surface area contributed by atoms with Gasteiger partial charge < -0.3 is 19.3 Å². The second kappa shape index (κ2) is 7.07. The SMILES string of the molecule is O=C(O)[C@H]1C[C@@H]1COCCCOC1CCCCO1. The van der Waals surface area contributed by atoms with Crippen LogP contribution in [0.5, 0.6) is 0 Å². The Hall–Kier alpha value is -0.650. The van der Waals surface area contributed by atoms with Gasteiger partial charge in [-0.25, -0.2) is 0 Å². The molecule has 2 rings (SSSR count). The highest BCUT2D eigenvalue weighted by Crippen LogP contribution is 2.38. The number of aliphatic carboxylic acids is 1. The second-order valence-electron chi connectivity index (χ2n) is 5.04. The molecule has 18 heavy (non-hydrogen) atoms. The van der Waals surface area contributed by atoms with Crippen molar-refractivity contribution < 1.29 is 24.1 Å². The zero-order valence-corrected chi connectivity index (χ0v) is 10.7. The molecule has 1 unspecified atom stereocenters. The number of hydrogen-bond acceptors (Lipinski definition) is 4. The first-order valence-electron chi connectivity index (χ1n) is 6.81. The maximum absolute atomic E-state index is 10.6. The van der Waals surface area contributed by atoms with Crippen molar-refractivity contribution in [3.63, 3.8) is 0 Å². The summed E-state index contributed by atoms with van der Waals surface area (Å²) in [4.78, 5) is 10.6. The summed E-state index contributed by atoms with van der Waals surface area (Å²) in [5, 5.41) is 8.72. The minimum Gasteiger partial charge on any atom is -0.481 e. The lowest BCUT2D eigenvalue weighted by molar-refractivity contribution is -0.164. The molecule has 0 aromatic rings. The maximum Gasteiger partial charge on any atom is 0.306 e. The van der Waals surface area contributed by atoms with Crippen molar-refractivity contribution in [1.82, 2.24) is 0 Å². The Morgan fingerprint density at radius 2 is 2.22 bits per heavy atom. The van der Waals surface area contributed by atoms with Gasteiger partial charge in [0.2, 0.25) is 0 Å². The predicted molar refractivity (Wildman–Crippen MR) is 64.2 cm³/mol. The van der Waals surface area contributed by atoms with Crippen LogP contribution in [0.3, 0.4) is 0 Å². The fourth-order valence-corrected chi connectivity index (χ4v) is 2.19. The molecule has 1 heterocycles. The topological polar surface area (TPSA) is 65.0 Å². The second-order valence-corrected chi connectivity index (χ2v) is 5.04. The van der Waals surface area contributed by atoms with E-state index >= 15 is 0 Å². The van der Waals surface area contributed by atoms with Crippen molar-refractivity contribution >= 4 is 5.97 Å². The van der Waals surface area contributed by atoms with Crippen LogP contribution in [0.25, 0.3) is 0 Å². The standard InChI is InChI=1S/C13H22O5/c14-13(15)11-8-10(11)9-16-5-3-7-18-12-4-1-2-6-17-12/h10-12H,1-9H2,(H,14,15)/t10-,11+,12?/m1/s1. The Labute approximate surface area is 107 Å². The summed E-state index contributed by atoms with van der Waals surface area (Å²) in [6, 6.07) is 0. The number of ether oxygens (including phenoxy) is 3. The number of rotatable bonds is 8. The highest BCUT2D eigenvalue weighted by atomic mass is 16.7. The first-order valence-corrected chi connectivity index (χ1v) is 6.81. The quantitative estimate of drug-likeness (QED) is 0.671. The molecule has 1 aliphatic carbocycles. The highest BCUT2D eigenvalue weighted by molar-refractivity contribution is 5.73. The van der Waals surface area contributed by atoms with Crippen molar-refractivity contribution in [2.75, 3.05) is 26.4 Å². The van der Waals surface area contributed by atoms with Gasteiger partial charge >= 0.3 is 5.97 Å². The molecule has 104 valence electrons. The van der Waals surface area contributed by atoms with Crippen LogP contribution in [0, 0.1) is 11.8 Å². The van der Waals surface area contributed by atoms with Crippen molar-refractivity contribution in [3.8, 4) is 0 Å². The lowest BCUT2D eigenvalue weighted by atomic mass is 10.2. The van der Waals surface area contributed by atoms with Crippen LogP contribution in [0.4, 0.5) is 0 Å². The van der Waals surface area contributed by atoms with Gasteiger partial charge in [0, 0.05) is 13.2 Å². The summed E-state index contributed by atoms with van der Waals surface area (Å²) in [5.74, 6) is -0.636. The van der Waals surface area contributed by atoms with Crippen molar-refractivity contribution in [3.05, 3.63) is 0 Å². The first-order chi connectivity index (χ1) is 8.77. The smallest absolute Gasteiger partial charge is 0.306 e. The predicted octanol–water partition coefficient (Wildman–Crippen LogP) is 1.66. The Balaban J connectivity index is 1.39. The number of hydrogen-bond donors (Lipinski definition) is 1. The van der Waals surface area contributed by atoms with Crippen LogP contribution in [0.15, 0.2) is 0 Å². The van der Waals surface area contributed by atoms with E-state index in [0.29, 0.717) is 19.8 Å². The zero-order chi connectivity index (χ0) is 12.8. The third kappa shape index (κ3) is 4.55. The largest absolute Gasteiger partial charge is 0.481 e. The lowest BCUT2D eigenvalue weighted by Gasteiger charge is -2.22. The Morgan fingerprint density at radius 3 is 2.89 bits per heavy atom. The molecule has 0 radical (unpaired) electrons. The van der Waals surface area contributed by atoms with Gasteiger partial charge in [0.15, 0.2) is 6.29 Å². The lowest BCUT2D eigenvalue weighted by Crippen LogP contribution is -2.23. The van der Waals surface area contributed by atoms with Crippen LogP contribution >= 0.6 is 0 Å². The molecule has 0 bridgehead atoms. The molecule has 0 amide bonds. The molecule has 5 heteroatoms. The van der Waals surface area contributed by atoms with E-state index in [0.717, 1.165) is 32.3 Å². The Bertz CT molecular complexity index is 262. The third-order valence-corrected chi connectivity index (χ3v) is 3.45. The number of carboxylic acids is 1.